The lowest BCUT2D eigenvalue weighted by Crippen LogP contribution is -2.27. The van der Waals surface area contributed by atoms with Gasteiger partial charge in [-0.1, -0.05) is 35.3 Å². The number of aromatic carboxylic acids is 1. The van der Waals surface area contributed by atoms with Gasteiger partial charge in [0.25, 0.3) is 5.91 Å². The van der Waals surface area contributed by atoms with Crippen LogP contribution in [0, 0.1) is 0 Å². The molecule has 4 nitrogen and oxygen atoms in total. The molecule has 0 heterocycles. The monoisotopic (exact) mass is 349 g/mol. The van der Waals surface area contributed by atoms with Gasteiger partial charge in [-0.2, -0.15) is 0 Å². The van der Waals surface area contributed by atoms with Crippen molar-refractivity contribution >= 4 is 35.1 Å². The minimum atomic E-state index is -0.984. The molecule has 118 valence electrons. The smallest absolute Gasteiger partial charge is 0.335 e. The van der Waals surface area contributed by atoms with Crippen molar-refractivity contribution in [3.8, 4) is 0 Å². The van der Waals surface area contributed by atoms with Gasteiger partial charge in [0, 0.05) is 0 Å². The van der Waals surface area contributed by atoms with Gasteiger partial charge in [-0.25, -0.2) is 4.79 Å². The summed E-state index contributed by atoms with van der Waals surface area (Å²) >= 11 is 12.0. The van der Waals surface area contributed by atoms with Gasteiger partial charge >= 0.3 is 5.97 Å². The Kier molecular flexibility index (Phi) is 4.28. The van der Waals surface area contributed by atoms with Crippen molar-refractivity contribution < 1.29 is 14.7 Å². The largest absolute Gasteiger partial charge is 0.478 e. The molecule has 6 heteroatoms. The van der Waals surface area contributed by atoms with Crippen LogP contribution in [0.15, 0.2) is 36.4 Å². The molecule has 2 aromatic carbocycles. The molecule has 1 atom stereocenters. The number of nitrogens with one attached hydrogen (secondary N) is 1. The van der Waals surface area contributed by atoms with Crippen LogP contribution in [-0.4, -0.2) is 17.0 Å². The Morgan fingerprint density at radius 2 is 1.96 bits per heavy atom. The van der Waals surface area contributed by atoms with Crippen molar-refractivity contribution in [1.82, 2.24) is 5.32 Å². The maximum absolute atomic E-state index is 12.4. The van der Waals surface area contributed by atoms with E-state index < -0.39 is 5.97 Å². The number of carboxylic acids is 1. The van der Waals surface area contributed by atoms with E-state index in [9.17, 15) is 9.59 Å². The highest BCUT2D eigenvalue weighted by atomic mass is 35.5. The molecule has 2 aromatic rings. The summed E-state index contributed by atoms with van der Waals surface area (Å²) in [6, 6.07) is 9.66. The third-order valence-electron chi connectivity index (χ3n) is 3.97. The number of hydrogen-bond donors (Lipinski definition) is 2. The van der Waals surface area contributed by atoms with Crippen molar-refractivity contribution in [2.75, 3.05) is 0 Å². The Labute approximate surface area is 143 Å². The van der Waals surface area contributed by atoms with Crippen molar-refractivity contribution in [1.29, 1.82) is 0 Å². The van der Waals surface area contributed by atoms with E-state index in [-0.39, 0.29) is 22.5 Å². The van der Waals surface area contributed by atoms with Gasteiger partial charge < -0.3 is 10.4 Å². The quantitative estimate of drug-likeness (QED) is 0.876. The predicted octanol–water partition coefficient (Wildman–Crippen LogP) is 4.11. The molecule has 2 N–H and O–H groups in total. The third-order valence-corrected chi connectivity index (χ3v) is 4.79. The summed E-state index contributed by atoms with van der Waals surface area (Å²) in [4.78, 5) is 23.5. The lowest BCUT2D eigenvalue weighted by atomic mass is 10.0. The first-order valence-corrected chi connectivity index (χ1v) is 7.84. The Morgan fingerprint density at radius 3 is 2.70 bits per heavy atom. The number of amides is 1. The number of fused-ring (bicyclic) bond motifs is 1. The summed E-state index contributed by atoms with van der Waals surface area (Å²) in [6.45, 7) is 0. The fourth-order valence-electron chi connectivity index (χ4n) is 2.80. The van der Waals surface area contributed by atoms with Crippen molar-refractivity contribution in [3.63, 3.8) is 0 Å². The van der Waals surface area contributed by atoms with Gasteiger partial charge in [-0.15, -0.1) is 0 Å². The van der Waals surface area contributed by atoms with E-state index in [0.29, 0.717) is 10.6 Å². The minimum Gasteiger partial charge on any atom is -0.478 e. The van der Waals surface area contributed by atoms with E-state index in [1.807, 2.05) is 0 Å². The maximum Gasteiger partial charge on any atom is 0.335 e. The van der Waals surface area contributed by atoms with Crippen molar-refractivity contribution in [2.45, 2.75) is 18.9 Å². The minimum absolute atomic E-state index is 0.212. The molecule has 0 fully saturated rings. The summed E-state index contributed by atoms with van der Waals surface area (Å²) < 4.78 is 0. The van der Waals surface area contributed by atoms with E-state index in [0.717, 1.165) is 24.0 Å². The highest BCUT2D eigenvalue weighted by molar-refractivity contribution is 6.43. The molecule has 23 heavy (non-hydrogen) atoms. The second-order valence-corrected chi connectivity index (χ2v) is 6.17. The second kappa shape index (κ2) is 6.22. The van der Waals surface area contributed by atoms with Crippen molar-refractivity contribution in [2.24, 2.45) is 0 Å². The number of hydrogen-bond acceptors (Lipinski definition) is 2. The topological polar surface area (TPSA) is 66.4 Å². The number of rotatable bonds is 3. The normalized spacial score (nSPS) is 16.0. The fraction of sp³-hybridized carbons (Fsp3) is 0.176. The second-order valence-electron chi connectivity index (χ2n) is 5.38. The third kappa shape index (κ3) is 3.05. The zero-order valence-corrected chi connectivity index (χ0v) is 13.5. The number of carbonyl (C=O) groups is 2. The Bertz CT molecular complexity index is 804. The van der Waals surface area contributed by atoms with Crippen LogP contribution in [0.2, 0.25) is 10.0 Å². The van der Waals surface area contributed by atoms with Crippen LogP contribution in [0.1, 0.15) is 44.3 Å². The molecule has 0 bridgehead atoms. The van der Waals surface area contributed by atoms with Crippen LogP contribution in [0.25, 0.3) is 0 Å². The number of carbonyl (C=O) groups excluding carboxylic acids is 1. The molecule has 1 aliphatic carbocycles. The van der Waals surface area contributed by atoms with Crippen LogP contribution >= 0.6 is 23.2 Å². The van der Waals surface area contributed by atoms with E-state index in [2.05, 4.69) is 5.32 Å². The number of halogens is 2. The van der Waals surface area contributed by atoms with E-state index in [1.165, 1.54) is 0 Å². The average molecular weight is 350 g/mol. The molecule has 0 spiro atoms. The maximum atomic E-state index is 12.4. The molecule has 0 unspecified atom stereocenters. The van der Waals surface area contributed by atoms with Gasteiger partial charge in [0.15, 0.2) is 0 Å². The lowest BCUT2D eigenvalue weighted by molar-refractivity contribution is 0.0696. The number of carboxylic acid groups (broad SMARTS) is 1. The first kappa shape index (κ1) is 15.8. The molecule has 0 saturated heterocycles. The van der Waals surface area contributed by atoms with Crippen LogP contribution in [0.4, 0.5) is 0 Å². The van der Waals surface area contributed by atoms with Crippen LogP contribution in [0.5, 0.6) is 0 Å². The molecule has 1 aliphatic rings. The van der Waals surface area contributed by atoms with Crippen LogP contribution in [0.3, 0.4) is 0 Å². The summed E-state index contributed by atoms with van der Waals surface area (Å²) in [7, 11) is 0. The van der Waals surface area contributed by atoms with Gasteiger partial charge in [-0.3, -0.25) is 4.79 Å². The van der Waals surface area contributed by atoms with Gasteiger partial charge in [0.2, 0.25) is 0 Å². The zero-order chi connectivity index (χ0) is 16.6. The SMILES string of the molecule is O=C(O)c1ccc2c(c1)[C@H](NC(=O)c1cccc(Cl)c1Cl)CC2. The Hall–Kier alpha value is -2.04. The molecule has 1 amide bonds. The van der Waals surface area contributed by atoms with Gasteiger partial charge in [0.05, 0.1) is 27.2 Å². The zero-order valence-electron chi connectivity index (χ0n) is 12.0. The van der Waals surface area contributed by atoms with Gasteiger partial charge in [0.1, 0.15) is 0 Å². The predicted molar refractivity (Wildman–Crippen MR) is 88.4 cm³/mol. The summed E-state index contributed by atoms with van der Waals surface area (Å²) in [6.07, 6.45) is 1.52. The Balaban J connectivity index is 1.86. The lowest BCUT2D eigenvalue weighted by Gasteiger charge is -2.15. The molecule has 3 rings (SSSR count). The average Bonchev–Trinajstić information content (AvgIpc) is 2.92. The van der Waals surface area contributed by atoms with Gasteiger partial charge in [-0.05, 0) is 48.2 Å². The fourth-order valence-corrected chi connectivity index (χ4v) is 3.19. The number of aryl methyl sites for hydroxylation is 1. The molecule has 0 aliphatic heterocycles. The van der Waals surface area contributed by atoms with Crippen molar-refractivity contribution in [3.05, 3.63) is 68.7 Å². The summed E-state index contributed by atoms with van der Waals surface area (Å²) in [5.74, 6) is -1.31. The molecule has 0 radical (unpaired) electrons. The highest BCUT2D eigenvalue weighted by Gasteiger charge is 2.26. The molecule has 0 aromatic heterocycles. The molecule has 0 saturated carbocycles. The first-order chi connectivity index (χ1) is 11.0. The molecular formula is C17H13Cl2NO3. The van der Waals surface area contributed by atoms with E-state index >= 15 is 0 Å². The first-order valence-electron chi connectivity index (χ1n) is 7.08. The Morgan fingerprint density at radius 1 is 1.17 bits per heavy atom. The van der Waals surface area contributed by atoms with Crippen LogP contribution < -0.4 is 5.32 Å². The van der Waals surface area contributed by atoms with Crippen LogP contribution in [-0.2, 0) is 6.42 Å². The molecular weight excluding hydrogens is 337 g/mol. The standard InChI is InChI=1S/C17H13Cl2NO3/c18-13-3-1-2-11(15(13)19)16(21)20-14-7-6-9-4-5-10(17(22)23)8-12(9)14/h1-5,8,14H,6-7H2,(H,20,21)(H,22,23)/t14-/m1/s1. The summed E-state index contributed by atoms with van der Waals surface area (Å²) in [5, 5.41) is 12.6. The van der Waals surface area contributed by atoms with E-state index in [4.69, 9.17) is 28.3 Å². The summed E-state index contributed by atoms with van der Waals surface area (Å²) in [5.41, 5.74) is 2.42. The highest BCUT2D eigenvalue weighted by Crippen LogP contribution is 2.33. The number of benzene rings is 2. The van der Waals surface area contributed by atoms with E-state index in [1.54, 1.807) is 36.4 Å².